The van der Waals surface area contributed by atoms with Gasteiger partial charge in [-0.15, -0.1) is 11.6 Å². The minimum absolute atomic E-state index is 0.0352. The molecule has 0 spiro atoms. The first-order valence-electron chi connectivity index (χ1n) is 5.47. The van der Waals surface area contributed by atoms with Gasteiger partial charge in [0.05, 0.1) is 0 Å². The molecule has 1 aromatic heterocycles. The zero-order valence-corrected chi connectivity index (χ0v) is 10.5. The number of carbonyl (C=O) groups excluding carboxylic acids is 1. The Balaban J connectivity index is 2.81. The molecule has 3 nitrogen and oxygen atoms in total. The highest BCUT2D eigenvalue weighted by Gasteiger charge is 2.14. The van der Waals surface area contributed by atoms with E-state index in [2.05, 4.69) is 4.98 Å². The quantitative estimate of drug-likeness (QED) is 0.741. The van der Waals surface area contributed by atoms with E-state index in [4.69, 9.17) is 11.6 Å². The zero-order valence-electron chi connectivity index (χ0n) is 9.74. The number of alkyl halides is 1. The third-order valence-corrected chi connectivity index (χ3v) is 2.45. The van der Waals surface area contributed by atoms with Crippen molar-refractivity contribution in [3.8, 4) is 0 Å². The molecule has 1 aromatic rings. The molecule has 0 aliphatic heterocycles. The molecule has 0 aliphatic rings. The number of halogens is 1. The van der Waals surface area contributed by atoms with E-state index in [1.807, 2.05) is 13.8 Å². The van der Waals surface area contributed by atoms with Gasteiger partial charge in [-0.05, 0) is 25.5 Å². The normalized spacial score (nSPS) is 10.2. The number of hydrogen-bond acceptors (Lipinski definition) is 2. The SMILES string of the molecule is CCCN(CCCl)C(=O)c1ccnc(C)c1. The fraction of sp³-hybridized carbons (Fsp3) is 0.500. The van der Waals surface area contributed by atoms with E-state index < -0.39 is 0 Å². The molecule has 0 bridgehead atoms. The minimum atomic E-state index is 0.0352. The highest BCUT2D eigenvalue weighted by Crippen LogP contribution is 2.06. The Morgan fingerprint density at radius 2 is 2.25 bits per heavy atom. The molecule has 0 saturated carbocycles. The molecule has 4 heteroatoms. The van der Waals surface area contributed by atoms with E-state index >= 15 is 0 Å². The maximum absolute atomic E-state index is 12.1. The molecule has 0 saturated heterocycles. The Labute approximate surface area is 101 Å². The van der Waals surface area contributed by atoms with Gasteiger partial charge in [0.25, 0.3) is 5.91 Å². The molecule has 0 aromatic carbocycles. The van der Waals surface area contributed by atoms with Gasteiger partial charge in [0.15, 0.2) is 0 Å². The number of aryl methyl sites for hydroxylation is 1. The van der Waals surface area contributed by atoms with Crippen molar-refractivity contribution in [1.82, 2.24) is 9.88 Å². The number of nitrogens with zero attached hydrogens (tertiary/aromatic N) is 2. The van der Waals surface area contributed by atoms with E-state index in [1.165, 1.54) is 0 Å². The lowest BCUT2D eigenvalue weighted by Gasteiger charge is -2.21. The highest BCUT2D eigenvalue weighted by atomic mass is 35.5. The van der Waals surface area contributed by atoms with Gasteiger partial charge in [0.1, 0.15) is 0 Å². The van der Waals surface area contributed by atoms with Crippen LogP contribution in [0.3, 0.4) is 0 Å². The monoisotopic (exact) mass is 240 g/mol. The van der Waals surface area contributed by atoms with Gasteiger partial charge in [-0.2, -0.15) is 0 Å². The molecule has 1 rings (SSSR count). The summed E-state index contributed by atoms with van der Waals surface area (Å²) < 4.78 is 0. The van der Waals surface area contributed by atoms with Crippen LogP contribution in [0.5, 0.6) is 0 Å². The van der Waals surface area contributed by atoms with Crippen molar-refractivity contribution < 1.29 is 4.79 Å². The van der Waals surface area contributed by atoms with Crippen LogP contribution in [0.15, 0.2) is 18.3 Å². The fourth-order valence-corrected chi connectivity index (χ4v) is 1.75. The van der Waals surface area contributed by atoms with Crippen molar-refractivity contribution >= 4 is 17.5 Å². The Morgan fingerprint density at radius 3 is 2.81 bits per heavy atom. The van der Waals surface area contributed by atoms with Gasteiger partial charge in [0.2, 0.25) is 0 Å². The van der Waals surface area contributed by atoms with Crippen LogP contribution in [-0.2, 0) is 0 Å². The van der Waals surface area contributed by atoms with Gasteiger partial charge in [-0.3, -0.25) is 9.78 Å². The van der Waals surface area contributed by atoms with E-state index in [0.717, 1.165) is 18.7 Å². The smallest absolute Gasteiger partial charge is 0.254 e. The summed E-state index contributed by atoms with van der Waals surface area (Å²) in [5.74, 6) is 0.503. The van der Waals surface area contributed by atoms with E-state index in [-0.39, 0.29) is 5.91 Å². The van der Waals surface area contributed by atoms with Crippen molar-refractivity contribution in [2.45, 2.75) is 20.3 Å². The molecule has 0 radical (unpaired) electrons. The lowest BCUT2D eigenvalue weighted by atomic mass is 10.2. The second-order valence-corrected chi connectivity index (χ2v) is 4.05. The molecule has 1 heterocycles. The van der Waals surface area contributed by atoms with E-state index in [1.54, 1.807) is 23.2 Å². The second-order valence-electron chi connectivity index (χ2n) is 3.67. The topological polar surface area (TPSA) is 33.2 Å². The van der Waals surface area contributed by atoms with Gasteiger partial charge in [-0.1, -0.05) is 6.92 Å². The van der Waals surface area contributed by atoms with Gasteiger partial charge >= 0.3 is 0 Å². The summed E-state index contributed by atoms with van der Waals surface area (Å²) in [6.45, 7) is 5.26. The standard InChI is InChI=1S/C12H17ClN2O/c1-3-7-15(8-5-13)12(16)11-4-6-14-10(2)9-11/h4,6,9H,3,5,7-8H2,1-2H3. The predicted molar refractivity (Wildman–Crippen MR) is 65.9 cm³/mol. The van der Waals surface area contributed by atoms with Crippen LogP contribution in [0.2, 0.25) is 0 Å². The number of amides is 1. The van der Waals surface area contributed by atoms with Crippen molar-refractivity contribution in [3.05, 3.63) is 29.6 Å². The average Bonchev–Trinajstić information content (AvgIpc) is 2.28. The second kappa shape index (κ2) is 6.48. The number of pyridine rings is 1. The summed E-state index contributed by atoms with van der Waals surface area (Å²) in [7, 11) is 0. The van der Waals surface area contributed by atoms with E-state index in [0.29, 0.717) is 18.0 Å². The first-order chi connectivity index (χ1) is 7.69. The largest absolute Gasteiger partial charge is 0.337 e. The molecule has 16 heavy (non-hydrogen) atoms. The summed E-state index contributed by atoms with van der Waals surface area (Å²) >= 11 is 5.69. The van der Waals surface area contributed by atoms with Crippen LogP contribution in [0.1, 0.15) is 29.4 Å². The Morgan fingerprint density at radius 1 is 1.50 bits per heavy atom. The molecule has 0 fully saturated rings. The number of aromatic nitrogens is 1. The van der Waals surface area contributed by atoms with E-state index in [9.17, 15) is 4.79 Å². The van der Waals surface area contributed by atoms with Crippen LogP contribution < -0.4 is 0 Å². The predicted octanol–water partition coefficient (Wildman–Crippen LogP) is 2.48. The molecule has 0 atom stereocenters. The van der Waals surface area contributed by atoms with Crippen molar-refractivity contribution in [1.29, 1.82) is 0 Å². The molecular weight excluding hydrogens is 224 g/mol. The summed E-state index contributed by atoms with van der Waals surface area (Å²) in [5.41, 5.74) is 1.54. The first-order valence-corrected chi connectivity index (χ1v) is 6.00. The summed E-state index contributed by atoms with van der Waals surface area (Å²) in [5, 5.41) is 0. The summed E-state index contributed by atoms with van der Waals surface area (Å²) in [4.78, 5) is 18.0. The zero-order chi connectivity index (χ0) is 12.0. The van der Waals surface area contributed by atoms with Crippen LogP contribution in [0.25, 0.3) is 0 Å². The van der Waals surface area contributed by atoms with Crippen LogP contribution >= 0.6 is 11.6 Å². The number of rotatable bonds is 5. The number of carbonyl (C=O) groups is 1. The van der Waals surface area contributed by atoms with Crippen LogP contribution in [0, 0.1) is 6.92 Å². The Hall–Kier alpha value is -1.09. The van der Waals surface area contributed by atoms with Gasteiger partial charge < -0.3 is 4.90 Å². The third-order valence-electron chi connectivity index (χ3n) is 2.28. The van der Waals surface area contributed by atoms with Crippen molar-refractivity contribution in [2.24, 2.45) is 0 Å². The van der Waals surface area contributed by atoms with Crippen LogP contribution in [0.4, 0.5) is 0 Å². The maximum atomic E-state index is 12.1. The van der Waals surface area contributed by atoms with Crippen molar-refractivity contribution in [3.63, 3.8) is 0 Å². The summed E-state index contributed by atoms with van der Waals surface area (Å²) in [6, 6.07) is 3.55. The molecule has 0 aliphatic carbocycles. The Bertz CT molecular complexity index is 349. The summed E-state index contributed by atoms with van der Waals surface area (Å²) in [6.07, 6.45) is 2.60. The van der Waals surface area contributed by atoms with Gasteiger partial charge in [0, 0.05) is 36.4 Å². The fourth-order valence-electron chi connectivity index (χ4n) is 1.55. The number of hydrogen-bond donors (Lipinski definition) is 0. The minimum Gasteiger partial charge on any atom is -0.337 e. The molecule has 0 N–H and O–H groups in total. The maximum Gasteiger partial charge on any atom is 0.254 e. The lowest BCUT2D eigenvalue weighted by Crippen LogP contribution is -2.33. The molecule has 88 valence electrons. The lowest BCUT2D eigenvalue weighted by molar-refractivity contribution is 0.0765. The average molecular weight is 241 g/mol. The molecule has 1 amide bonds. The van der Waals surface area contributed by atoms with Crippen LogP contribution in [-0.4, -0.2) is 34.8 Å². The molecule has 0 unspecified atom stereocenters. The first kappa shape index (κ1) is 13.0. The Kier molecular flexibility index (Phi) is 5.26. The third kappa shape index (κ3) is 3.49. The molecular formula is C12H17ClN2O. The van der Waals surface area contributed by atoms with Gasteiger partial charge in [-0.25, -0.2) is 0 Å². The highest BCUT2D eigenvalue weighted by molar-refractivity contribution is 6.18. The van der Waals surface area contributed by atoms with Crippen molar-refractivity contribution in [2.75, 3.05) is 19.0 Å².